The minimum Gasteiger partial charge on any atom is -0.359 e. The van der Waals surface area contributed by atoms with E-state index in [1.54, 1.807) is 24.3 Å². The highest BCUT2D eigenvalue weighted by atomic mass is 32.2. The summed E-state index contributed by atoms with van der Waals surface area (Å²) in [6.07, 6.45) is -4.45. The van der Waals surface area contributed by atoms with Crippen LogP contribution in [0.15, 0.2) is 29.2 Å². The first kappa shape index (κ1) is 12.6. The molecule has 2 atom stereocenters. The minimum absolute atomic E-state index is 0.395. The second-order valence-electron chi connectivity index (χ2n) is 4.08. The van der Waals surface area contributed by atoms with Gasteiger partial charge in [0.05, 0.1) is 23.2 Å². The molecule has 6 heteroatoms. The van der Waals surface area contributed by atoms with E-state index in [0.29, 0.717) is 4.90 Å². The van der Waals surface area contributed by atoms with Gasteiger partial charge in [0.15, 0.2) is 5.60 Å². The molecule has 0 N–H and O–H groups in total. The van der Waals surface area contributed by atoms with E-state index in [-0.39, 0.29) is 0 Å². The van der Waals surface area contributed by atoms with Crippen molar-refractivity contribution in [2.45, 2.75) is 23.6 Å². The lowest BCUT2D eigenvalue weighted by molar-refractivity contribution is -0.176. The van der Waals surface area contributed by atoms with Gasteiger partial charge in [-0.05, 0) is 19.1 Å². The zero-order valence-electron chi connectivity index (χ0n) is 9.08. The number of rotatable bonds is 3. The summed E-state index contributed by atoms with van der Waals surface area (Å²) in [4.78, 5) is 0.398. The Bertz CT molecular complexity index is 435. The van der Waals surface area contributed by atoms with Crippen LogP contribution >= 0.6 is 0 Å². The van der Waals surface area contributed by atoms with E-state index in [0.717, 1.165) is 5.56 Å². The van der Waals surface area contributed by atoms with Crippen molar-refractivity contribution in [3.8, 4) is 0 Å². The molecule has 17 heavy (non-hydrogen) atoms. The number of epoxide rings is 1. The Balaban J connectivity index is 2.10. The van der Waals surface area contributed by atoms with Crippen molar-refractivity contribution in [3.05, 3.63) is 29.8 Å². The quantitative estimate of drug-likeness (QED) is 0.785. The van der Waals surface area contributed by atoms with Crippen LogP contribution in [0.25, 0.3) is 0 Å². The van der Waals surface area contributed by atoms with Crippen LogP contribution in [0.4, 0.5) is 13.2 Å². The van der Waals surface area contributed by atoms with Crippen LogP contribution in [-0.2, 0) is 15.5 Å². The van der Waals surface area contributed by atoms with Crippen LogP contribution in [-0.4, -0.2) is 28.3 Å². The maximum atomic E-state index is 12.6. The van der Waals surface area contributed by atoms with Gasteiger partial charge < -0.3 is 4.74 Å². The van der Waals surface area contributed by atoms with Crippen molar-refractivity contribution in [2.24, 2.45) is 0 Å². The van der Waals surface area contributed by atoms with Crippen LogP contribution in [0.3, 0.4) is 0 Å². The molecule has 0 amide bonds. The normalized spacial score (nSPS) is 25.6. The van der Waals surface area contributed by atoms with Crippen molar-refractivity contribution in [1.82, 2.24) is 0 Å². The van der Waals surface area contributed by atoms with Crippen LogP contribution in [0.1, 0.15) is 5.56 Å². The first-order valence-electron chi connectivity index (χ1n) is 5.00. The summed E-state index contributed by atoms with van der Waals surface area (Å²) in [7, 11) is -1.69. The van der Waals surface area contributed by atoms with Gasteiger partial charge in [0.2, 0.25) is 0 Å². The lowest BCUT2D eigenvalue weighted by atomic mass is 10.2. The molecule has 2 rings (SSSR count). The number of aryl methyl sites for hydroxylation is 1. The number of halogens is 3. The van der Waals surface area contributed by atoms with Crippen molar-refractivity contribution in [3.63, 3.8) is 0 Å². The van der Waals surface area contributed by atoms with E-state index in [1.165, 1.54) is 0 Å². The van der Waals surface area contributed by atoms with Gasteiger partial charge in [-0.25, -0.2) is 0 Å². The van der Waals surface area contributed by atoms with E-state index >= 15 is 0 Å². The molecular weight excluding hydrogens is 253 g/mol. The molecule has 0 bridgehead atoms. The predicted molar refractivity (Wildman–Crippen MR) is 57.2 cm³/mol. The molecule has 94 valence electrons. The third-order valence-electron chi connectivity index (χ3n) is 2.66. The molecule has 1 fully saturated rings. The molecule has 0 aromatic heterocycles. The van der Waals surface area contributed by atoms with Crippen LogP contribution in [0.5, 0.6) is 0 Å². The lowest BCUT2D eigenvalue weighted by Crippen LogP contribution is -2.38. The van der Waals surface area contributed by atoms with Crippen LogP contribution < -0.4 is 0 Å². The van der Waals surface area contributed by atoms with Gasteiger partial charge in [0.25, 0.3) is 0 Å². The summed E-state index contributed by atoms with van der Waals surface area (Å²) < 4.78 is 54.0. The van der Waals surface area contributed by atoms with Gasteiger partial charge >= 0.3 is 6.18 Å². The summed E-state index contributed by atoms with van der Waals surface area (Å²) in [6.45, 7) is 1.46. The molecule has 1 aromatic carbocycles. The second kappa shape index (κ2) is 4.10. The van der Waals surface area contributed by atoms with Gasteiger partial charge in [-0.3, -0.25) is 4.21 Å². The first-order valence-corrected chi connectivity index (χ1v) is 6.32. The summed E-state index contributed by atoms with van der Waals surface area (Å²) in [5, 5.41) is 0. The highest BCUT2D eigenvalue weighted by Crippen LogP contribution is 2.44. The molecule has 1 aliphatic rings. The van der Waals surface area contributed by atoms with Gasteiger partial charge in [-0.1, -0.05) is 17.7 Å². The van der Waals surface area contributed by atoms with Crippen molar-refractivity contribution < 1.29 is 22.1 Å². The maximum Gasteiger partial charge on any atom is 0.420 e. The average Bonchev–Trinajstić information content (AvgIpc) is 2.98. The van der Waals surface area contributed by atoms with E-state index in [2.05, 4.69) is 4.74 Å². The minimum atomic E-state index is -4.45. The van der Waals surface area contributed by atoms with Gasteiger partial charge in [0.1, 0.15) is 0 Å². The highest BCUT2D eigenvalue weighted by molar-refractivity contribution is 7.85. The van der Waals surface area contributed by atoms with Crippen LogP contribution in [0.2, 0.25) is 0 Å². The molecule has 1 aromatic rings. The Labute approximate surface area is 99.2 Å². The van der Waals surface area contributed by atoms with E-state index in [4.69, 9.17) is 0 Å². The molecule has 1 heterocycles. The zero-order valence-corrected chi connectivity index (χ0v) is 9.90. The Morgan fingerprint density at radius 3 is 2.29 bits per heavy atom. The number of alkyl halides is 3. The van der Waals surface area contributed by atoms with E-state index in [9.17, 15) is 17.4 Å². The molecule has 1 aliphatic heterocycles. The molecule has 0 radical (unpaired) electrons. The SMILES string of the molecule is Cc1ccc([S@](=O)C[C@@]2(C(F)(F)F)CO2)cc1. The van der Waals surface area contributed by atoms with E-state index < -0.39 is 34.9 Å². The third kappa shape index (κ3) is 2.52. The number of benzene rings is 1. The summed E-state index contributed by atoms with van der Waals surface area (Å²) >= 11 is 0. The molecule has 2 nitrogen and oxygen atoms in total. The fourth-order valence-electron chi connectivity index (χ4n) is 1.40. The molecule has 1 saturated heterocycles. The molecule has 0 unspecified atom stereocenters. The summed E-state index contributed by atoms with van der Waals surface area (Å²) in [5.41, 5.74) is -1.22. The van der Waals surface area contributed by atoms with Gasteiger partial charge in [0, 0.05) is 4.90 Å². The zero-order chi connectivity index (χ0) is 12.7. The van der Waals surface area contributed by atoms with Crippen LogP contribution in [0, 0.1) is 6.92 Å². The average molecular weight is 264 g/mol. The van der Waals surface area contributed by atoms with E-state index in [1.807, 2.05) is 6.92 Å². The molecule has 0 spiro atoms. The topological polar surface area (TPSA) is 29.6 Å². The van der Waals surface area contributed by atoms with Gasteiger partial charge in [-0.2, -0.15) is 13.2 Å². The monoisotopic (exact) mass is 264 g/mol. The third-order valence-corrected chi connectivity index (χ3v) is 4.18. The molecule has 0 saturated carbocycles. The smallest absolute Gasteiger partial charge is 0.359 e. The van der Waals surface area contributed by atoms with Crippen molar-refractivity contribution in [1.29, 1.82) is 0 Å². The Hall–Kier alpha value is -0.880. The fourth-order valence-corrected chi connectivity index (χ4v) is 2.76. The Morgan fingerprint density at radius 2 is 1.88 bits per heavy atom. The largest absolute Gasteiger partial charge is 0.420 e. The highest BCUT2D eigenvalue weighted by Gasteiger charge is 2.66. The molecular formula is C11H11F3O2S. The Kier molecular flexibility index (Phi) is 3.03. The number of ether oxygens (including phenoxy) is 1. The standard InChI is InChI=1S/C11H11F3O2S/c1-8-2-4-9(5-3-8)17(15)7-10(6-16-10)11(12,13)14/h2-5H,6-7H2,1H3/t10-,17-/m1/s1. The maximum absolute atomic E-state index is 12.6. The lowest BCUT2D eigenvalue weighted by Gasteiger charge is -2.15. The van der Waals surface area contributed by atoms with Gasteiger partial charge in [-0.15, -0.1) is 0 Å². The first-order chi connectivity index (χ1) is 7.84. The fraction of sp³-hybridized carbons (Fsp3) is 0.455. The summed E-state index contributed by atoms with van der Waals surface area (Å²) in [6, 6.07) is 6.61. The predicted octanol–water partition coefficient (Wildman–Crippen LogP) is 2.43. The Morgan fingerprint density at radius 1 is 1.35 bits per heavy atom. The van der Waals surface area contributed by atoms with Crippen molar-refractivity contribution in [2.75, 3.05) is 12.4 Å². The second-order valence-corrected chi connectivity index (χ2v) is 5.53. The molecule has 0 aliphatic carbocycles. The summed E-state index contributed by atoms with van der Waals surface area (Å²) in [5.74, 6) is -0.528. The number of hydrogen-bond donors (Lipinski definition) is 0. The number of hydrogen-bond acceptors (Lipinski definition) is 2. The van der Waals surface area contributed by atoms with Crippen molar-refractivity contribution >= 4 is 10.8 Å².